The Morgan fingerprint density at radius 1 is 1.48 bits per heavy atom. The zero-order chi connectivity index (χ0) is 15.9. The summed E-state index contributed by atoms with van der Waals surface area (Å²) < 4.78 is 7.21. The van der Waals surface area contributed by atoms with E-state index >= 15 is 0 Å². The first-order valence-corrected chi connectivity index (χ1v) is 7.41. The molecule has 0 bridgehead atoms. The Balaban J connectivity index is 0.00000264. The second-order valence-electron chi connectivity index (χ2n) is 5.28. The predicted octanol–water partition coefficient (Wildman–Crippen LogP) is 1.97. The van der Waals surface area contributed by atoms with Crippen molar-refractivity contribution in [3.05, 3.63) is 35.7 Å². The molecule has 0 aliphatic carbocycles. The molecule has 0 fully saturated rings. The molecule has 0 aliphatic rings. The van der Waals surface area contributed by atoms with Crippen molar-refractivity contribution in [2.24, 2.45) is 12.0 Å². The number of aromatic nitrogens is 3. The van der Waals surface area contributed by atoms with Crippen LogP contribution in [0.2, 0.25) is 0 Å². The average Bonchev–Trinajstić information content (AvgIpc) is 3.08. The first-order valence-electron chi connectivity index (χ1n) is 7.41. The molecule has 23 heavy (non-hydrogen) atoms. The topological polar surface area (TPSA) is 71.5 Å². The van der Waals surface area contributed by atoms with Gasteiger partial charge in [0.25, 0.3) is 0 Å². The van der Waals surface area contributed by atoms with Gasteiger partial charge in [-0.1, -0.05) is 5.16 Å². The summed E-state index contributed by atoms with van der Waals surface area (Å²) in [5, 5.41) is 7.14. The lowest BCUT2D eigenvalue weighted by Crippen LogP contribution is -2.39. The molecule has 0 unspecified atom stereocenters. The van der Waals surface area contributed by atoms with E-state index in [4.69, 9.17) is 4.52 Å². The van der Waals surface area contributed by atoms with Gasteiger partial charge in [0.15, 0.2) is 11.8 Å². The maximum atomic E-state index is 5.10. The van der Waals surface area contributed by atoms with Gasteiger partial charge in [-0.3, -0.25) is 4.99 Å². The number of guanidine groups is 1. The highest BCUT2D eigenvalue weighted by Gasteiger charge is 2.08. The fraction of sp³-hybridized carbons (Fsp3) is 0.533. The standard InChI is InChI=1S/C15H24N6O.HI/c1-12-18-14(22-19-12)8-5-9-17-15(16-2)21(4)11-13-7-6-10-20(13)3;/h6-7,10H,5,8-9,11H2,1-4H3,(H,16,17);1H. The van der Waals surface area contributed by atoms with E-state index in [0.717, 1.165) is 31.9 Å². The number of aryl methyl sites for hydroxylation is 3. The van der Waals surface area contributed by atoms with Gasteiger partial charge in [0.1, 0.15) is 0 Å². The van der Waals surface area contributed by atoms with Gasteiger partial charge in [0, 0.05) is 46.0 Å². The summed E-state index contributed by atoms with van der Waals surface area (Å²) in [5.74, 6) is 2.25. The van der Waals surface area contributed by atoms with Crippen LogP contribution in [0.5, 0.6) is 0 Å². The molecule has 0 aliphatic heterocycles. The quantitative estimate of drug-likeness (QED) is 0.327. The number of rotatable bonds is 6. The molecule has 128 valence electrons. The lowest BCUT2D eigenvalue weighted by atomic mass is 10.3. The predicted molar refractivity (Wildman–Crippen MR) is 101 cm³/mol. The molecule has 2 aromatic heterocycles. The van der Waals surface area contributed by atoms with Crippen LogP contribution < -0.4 is 5.32 Å². The molecule has 2 rings (SSSR count). The van der Waals surface area contributed by atoms with Gasteiger partial charge < -0.3 is 19.3 Å². The Labute approximate surface area is 154 Å². The van der Waals surface area contributed by atoms with Crippen LogP contribution in [-0.2, 0) is 20.0 Å². The Bertz CT molecular complexity index is 621. The van der Waals surface area contributed by atoms with Gasteiger partial charge in [-0.05, 0) is 25.5 Å². The van der Waals surface area contributed by atoms with Crippen molar-refractivity contribution in [2.75, 3.05) is 20.6 Å². The summed E-state index contributed by atoms with van der Waals surface area (Å²) in [5.41, 5.74) is 1.24. The Morgan fingerprint density at radius 2 is 2.26 bits per heavy atom. The van der Waals surface area contributed by atoms with Gasteiger partial charge >= 0.3 is 0 Å². The summed E-state index contributed by atoms with van der Waals surface area (Å²) in [4.78, 5) is 10.6. The van der Waals surface area contributed by atoms with Crippen LogP contribution in [-0.4, -0.2) is 46.2 Å². The molecule has 0 amide bonds. The highest BCUT2D eigenvalue weighted by atomic mass is 127. The number of nitrogens with zero attached hydrogens (tertiary/aromatic N) is 5. The minimum absolute atomic E-state index is 0. The lowest BCUT2D eigenvalue weighted by Gasteiger charge is -2.22. The molecule has 0 atom stereocenters. The SMILES string of the molecule is CN=C(NCCCc1nc(C)no1)N(C)Cc1cccn1C.I. The minimum atomic E-state index is 0. The Kier molecular flexibility index (Phi) is 8.07. The zero-order valence-electron chi connectivity index (χ0n) is 14.1. The van der Waals surface area contributed by atoms with Crippen LogP contribution in [0.25, 0.3) is 0 Å². The maximum absolute atomic E-state index is 5.10. The highest BCUT2D eigenvalue weighted by molar-refractivity contribution is 14.0. The summed E-state index contributed by atoms with van der Waals surface area (Å²) >= 11 is 0. The molecular formula is C15H25IN6O. The van der Waals surface area contributed by atoms with Gasteiger partial charge in [-0.25, -0.2) is 0 Å². The van der Waals surface area contributed by atoms with E-state index in [2.05, 4.69) is 36.0 Å². The minimum Gasteiger partial charge on any atom is -0.356 e. The number of hydrogen-bond donors (Lipinski definition) is 1. The molecular weight excluding hydrogens is 407 g/mol. The number of halogens is 1. The van der Waals surface area contributed by atoms with Crippen molar-refractivity contribution in [3.63, 3.8) is 0 Å². The van der Waals surface area contributed by atoms with E-state index in [-0.39, 0.29) is 24.0 Å². The molecule has 2 aromatic rings. The van der Waals surface area contributed by atoms with Crippen molar-refractivity contribution in [1.29, 1.82) is 0 Å². The largest absolute Gasteiger partial charge is 0.356 e. The highest BCUT2D eigenvalue weighted by Crippen LogP contribution is 2.04. The third-order valence-corrected chi connectivity index (χ3v) is 3.44. The fourth-order valence-electron chi connectivity index (χ4n) is 2.24. The van der Waals surface area contributed by atoms with E-state index in [9.17, 15) is 0 Å². The van der Waals surface area contributed by atoms with Crippen LogP contribution in [0.1, 0.15) is 23.8 Å². The summed E-state index contributed by atoms with van der Waals surface area (Å²) in [6.45, 7) is 3.45. The van der Waals surface area contributed by atoms with E-state index in [0.29, 0.717) is 11.7 Å². The lowest BCUT2D eigenvalue weighted by molar-refractivity contribution is 0.371. The van der Waals surface area contributed by atoms with Gasteiger partial charge in [-0.15, -0.1) is 24.0 Å². The van der Waals surface area contributed by atoms with E-state index in [1.54, 1.807) is 7.05 Å². The summed E-state index contributed by atoms with van der Waals surface area (Å²) in [6, 6.07) is 4.16. The van der Waals surface area contributed by atoms with Gasteiger partial charge in [-0.2, -0.15) is 4.98 Å². The third kappa shape index (κ3) is 5.85. The van der Waals surface area contributed by atoms with E-state index in [1.807, 2.05) is 33.3 Å². The number of hydrogen-bond acceptors (Lipinski definition) is 4. The Hall–Kier alpha value is -1.58. The van der Waals surface area contributed by atoms with Crippen LogP contribution in [0.15, 0.2) is 27.8 Å². The molecule has 7 nitrogen and oxygen atoms in total. The van der Waals surface area contributed by atoms with Crippen LogP contribution in [0, 0.1) is 6.92 Å². The zero-order valence-corrected chi connectivity index (χ0v) is 16.4. The van der Waals surface area contributed by atoms with Crippen molar-refractivity contribution >= 4 is 29.9 Å². The molecule has 0 radical (unpaired) electrons. The summed E-state index contributed by atoms with van der Waals surface area (Å²) in [6.07, 6.45) is 3.73. The molecule has 1 N–H and O–H groups in total. The number of nitrogens with one attached hydrogen (secondary N) is 1. The van der Waals surface area contributed by atoms with Gasteiger partial charge in [0.05, 0.1) is 6.54 Å². The third-order valence-electron chi connectivity index (χ3n) is 3.44. The summed E-state index contributed by atoms with van der Waals surface area (Å²) in [7, 11) is 5.88. The smallest absolute Gasteiger partial charge is 0.226 e. The first-order chi connectivity index (χ1) is 10.6. The maximum Gasteiger partial charge on any atom is 0.226 e. The van der Waals surface area contributed by atoms with Crippen LogP contribution >= 0.6 is 24.0 Å². The molecule has 0 aromatic carbocycles. The average molecular weight is 432 g/mol. The second-order valence-corrected chi connectivity index (χ2v) is 5.28. The van der Waals surface area contributed by atoms with Gasteiger partial charge in [0.2, 0.25) is 5.89 Å². The van der Waals surface area contributed by atoms with E-state index < -0.39 is 0 Å². The Morgan fingerprint density at radius 3 is 2.83 bits per heavy atom. The normalized spacial score (nSPS) is 11.2. The van der Waals surface area contributed by atoms with E-state index in [1.165, 1.54) is 5.69 Å². The second kappa shape index (κ2) is 9.53. The van der Waals surface area contributed by atoms with Crippen molar-refractivity contribution < 1.29 is 4.52 Å². The monoisotopic (exact) mass is 432 g/mol. The van der Waals surface area contributed by atoms with Crippen molar-refractivity contribution in [2.45, 2.75) is 26.3 Å². The first kappa shape index (κ1) is 19.5. The molecule has 8 heteroatoms. The number of aliphatic imine (C=N–C) groups is 1. The fourth-order valence-corrected chi connectivity index (χ4v) is 2.24. The molecule has 0 spiro atoms. The molecule has 0 saturated heterocycles. The van der Waals surface area contributed by atoms with Crippen LogP contribution in [0.4, 0.5) is 0 Å². The molecule has 2 heterocycles. The van der Waals surface area contributed by atoms with Crippen molar-refractivity contribution in [1.82, 2.24) is 24.9 Å². The molecule has 0 saturated carbocycles. The van der Waals surface area contributed by atoms with Crippen LogP contribution in [0.3, 0.4) is 0 Å². The van der Waals surface area contributed by atoms with Crippen molar-refractivity contribution in [3.8, 4) is 0 Å².